The predicted octanol–water partition coefficient (Wildman–Crippen LogP) is 5.70. The number of carbonyl (C=O) groups excluding carboxylic acids is 1. The Morgan fingerprint density at radius 1 is 1.15 bits per heavy atom. The van der Waals surface area contributed by atoms with Crippen LogP contribution in [-0.4, -0.2) is 24.3 Å². The molecule has 3 nitrogen and oxygen atoms in total. The highest BCUT2D eigenvalue weighted by molar-refractivity contribution is 8.00. The van der Waals surface area contributed by atoms with Gasteiger partial charge in [0, 0.05) is 9.92 Å². The molecule has 0 saturated carbocycles. The second-order valence-electron chi connectivity index (χ2n) is 7.35. The first-order valence-electron chi connectivity index (χ1n) is 9.23. The highest BCUT2D eigenvalue weighted by Crippen LogP contribution is 2.31. The summed E-state index contributed by atoms with van der Waals surface area (Å²) in [6, 6.07) is 15.6. The fourth-order valence-electron chi connectivity index (χ4n) is 2.66. The van der Waals surface area contributed by atoms with Crippen LogP contribution >= 0.6 is 23.4 Å². The number of amides is 1. The molecule has 1 amide bonds. The first-order valence-corrected chi connectivity index (χ1v) is 10.5. The summed E-state index contributed by atoms with van der Waals surface area (Å²) >= 11 is 7.47. The zero-order valence-corrected chi connectivity index (χ0v) is 18.0. The summed E-state index contributed by atoms with van der Waals surface area (Å²) in [6.07, 6.45) is 0.757. The van der Waals surface area contributed by atoms with Crippen molar-refractivity contribution in [2.45, 2.75) is 49.7 Å². The van der Waals surface area contributed by atoms with Gasteiger partial charge in [0.2, 0.25) is 5.91 Å². The average molecular weight is 406 g/mol. The molecule has 0 bridgehead atoms. The number of hydrogen-bond acceptors (Lipinski definition) is 3. The lowest BCUT2D eigenvalue weighted by Crippen LogP contribution is -2.35. The molecule has 2 aromatic rings. The van der Waals surface area contributed by atoms with Crippen molar-refractivity contribution in [1.29, 1.82) is 0 Å². The summed E-state index contributed by atoms with van der Waals surface area (Å²) < 4.78 is 5.92. The Balaban J connectivity index is 1.84. The van der Waals surface area contributed by atoms with Gasteiger partial charge in [0.1, 0.15) is 12.4 Å². The quantitative estimate of drug-likeness (QED) is 0.452. The van der Waals surface area contributed by atoms with E-state index in [0.717, 1.165) is 17.1 Å². The molecular formula is C22H28ClNO2S. The van der Waals surface area contributed by atoms with Gasteiger partial charge in [0.15, 0.2) is 0 Å². The number of halogens is 1. The zero-order valence-electron chi connectivity index (χ0n) is 16.4. The van der Waals surface area contributed by atoms with E-state index in [1.165, 1.54) is 5.56 Å². The number of thioether (sulfide) groups is 1. The van der Waals surface area contributed by atoms with E-state index in [0.29, 0.717) is 18.2 Å². The molecule has 0 heterocycles. The van der Waals surface area contributed by atoms with Crippen LogP contribution in [-0.2, 0) is 10.2 Å². The van der Waals surface area contributed by atoms with E-state index < -0.39 is 0 Å². The van der Waals surface area contributed by atoms with Crippen molar-refractivity contribution in [3.63, 3.8) is 0 Å². The van der Waals surface area contributed by atoms with Crippen molar-refractivity contribution in [2.75, 3.05) is 13.2 Å². The molecule has 146 valence electrons. The van der Waals surface area contributed by atoms with Crippen LogP contribution in [0.3, 0.4) is 0 Å². The maximum atomic E-state index is 12.5. The minimum Gasteiger partial charge on any atom is -0.491 e. The van der Waals surface area contributed by atoms with E-state index in [1.807, 2.05) is 49.4 Å². The fourth-order valence-corrected chi connectivity index (χ4v) is 3.77. The predicted molar refractivity (Wildman–Crippen MR) is 115 cm³/mol. The van der Waals surface area contributed by atoms with Gasteiger partial charge < -0.3 is 10.1 Å². The third-order valence-corrected chi connectivity index (χ3v) is 5.74. The van der Waals surface area contributed by atoms with E-state index in [2.05, 4.69) is 32.2 Å². The van der Waals surface area contributed by atoms with E-state index in [-0.39, 0.29) is 16.6 Å². The van der Waals surface area contributed by atoms with Crippen molar-refractivity contribution < 1.29 is 9.53 Å². The molecule has 0 fully saturated rings. The molecular weight excluding hydrogens is 378 g/mol. The van der Waals surface area contributed by atoms with Crippen LogP contribution in [0.15, 0.2) is 53.4 Å². The van der Waals surface area contributed by atoms with E-state index in [1.54, 1.807) is 11.8 Å². The van der Waals surface area contributed by atoms with Crippen LogP contribution in [0.2, 0.25) is 5.02 Å². The van der Waals surface area contributed by atoms with Gasteiger partial charge in [-0.1, -0.05) is 57.5 Å². The Hall–Kier alpha value is -1.65. The zero-order chi connectivity index (χ0) is 19.9. The summed E-state index contributed by atoms with van der Waals surface area (Å²) in [6.45, 7) is 9.43. The van der Waals surface area contributed by atoms with Crippen molar-refractivity contribution >= 4 is 29.3 Å². The number of para-hydroxylation sites is 1. The van der Waals surface area contributed by atoms with Gasteiger partial charge in [-0.25, -0.2) is 0 Å². The molecule has 1 unspecified atom stereocenters. The molecule has 2 aromatic carbocycles. The molecule has 2 rings (SSSR count). The Bertz CT molecular complexity index is 741. The van der Waals surface area contributed by atoms with E-state index in [9.17, 15) is 4.79 Å². The van der Waals surface area contributed by atoms with Crippen molar-refractivity contribution in [3.8, 4) is 5.75 Å². The number of benzene rings is 2. The average Bonchev–Trinajstić information content (AvgIpc) is 2.64. The topological polar surface area (TPSA) is 38.3 Å². The van der Waals surface area contributed by atoms with Crippen LogP contribution in [0, 0.1) is 0 Å². The summed E-state index contributed by atoms with van der Waals surface area (Å²) in [7, 11) is 0. The summed E-state index contributed by atoms with van der Waals surface area (Å²) in [4.78, 5) is 13.5. The third-order valence-electron chi connectivity index (χ3n) is 4.11. The van der Waals surface area contributed by atoms with Crippen molar-refractivity contribution in [2.24, 2.45) is 0 Å². The number of carbonyl (C=O) groups is 1. The fraction of sp³-hybridized carbons (Fsp3) is 0.409. The Kier molecular flexibility index (Phi) is 8.06. The van der Waals surface area contributed by atoms with Gasteiger partial charge in [-0.2, -0.15) is 0 Å². The highest BCUT2D eigenvalue weighted by Gasteiger charge is 2.19. The van der Waals surface area contributed by atoms with Crippen molar-refractivity contribution in [1.82, 2.24) is 5.32 Å². The second-order valence-corrected chi connectivity index (χ2v) is 9.07. The largest absolute Gasteiger partial charge is 0.491 e. The van der Waals surface area contributed by atoms with Crippen LogP contribution < -0.4 is 10.1 Å². The maximum Gasteiger partial charge on any atom is 0.233 e. The monoisotopic (exact) mass is 405 g/mol. The Labute approximate surface area is 171 Å². The Morgan fingerprint density at radius 3 is 2.44 bits per heavy atom. The van der Waals surface area contributed by atoms with E-state index >= 15 is 0 Å². The van der Waals surface area contributed by atoms with Gasteiger partial charge in [-0.3, -0.25) is 4.79 Å². The summed E-state index contributed by atoms with van der Waals surface area (Å²) in [5.74, 6) is 0.909. The van der Waals surface area contributed by atoms with Crippen LogP contribution in [0.4, 0.5) is 0 Å². The van der Waals surface area contributed by atoms with Crippen LogP contribution in [0.25, 0.3) is 0 Å². The third kappa shape index (κ3) is 6.78. The second kappa shape index (κ2) is 10.0. The maximum absolute atomic E-state index is 12.5. The smallest absolute Gasteiger partial charge is 0.233 e. The van der Waals surface area contributed by atoms with Crippen LogP contribution in [0.5, 0.6) is 5.75 Å². The normalized spacial score (nSPS) is 12.5. The van der Waals surface area contributed by atoms with Gasteiger partial charge in [0.05, 0.1) is 11.8 Å². The van der Waals surface area contributed by atoms with Gasteiger partial charge >= 0.3 is 0 Å². The lowest BCUT2D eigenvalue weighted by Gasteiger charge is -2.22. The SMILES string of the molecule is CCC(Sc1ccc(Cl)cc1)C(=O)NCCOc1ccccc1C(C)(C)C. The van der Waals surface area contributed by atoms with Gasteiger partial charge in [-0.15, -0.1) is 11.8 Å². The Morgan fingerprint density at radius 2 is 1.81 bits per heavy atom. The molecule has 0 saturated heterocycles. The van der Waals surface area contributed by atoms with Crippen molar-refractivity contribution in [3.05, 3.63) is 59.1 Å². The molecule has 0 spiro atoms. The standard InChI is InChI=1S/C22H28ClNO2S/c1-5-20(27-17-12-10-16(23)11-13-17)21(25)24-14-15-26-19-9-7-6-8-18(19)22(2,3)4/h6-13,20H,5,14-15H2,1-4H3,(H,24,25). The van der Waals surface area contributed by atoms with Gasteiger partial charge in [-0.05, 0) is 47.7 Å². The number of hydrogen-bond donors (Lipinski definition) is 1. The summed E-state index contributed by atoms with van der Waals surface area (Å²) in [5.41, 5.74) is 1.18. The molecule has 0 aliphatic heterocycles. The molecule has 27 heavy (non-hydrogen) atoms. The molecule has 5 heteroatoms. The lowest BCUT2D eigenvalue weighted by atomic mass is 9.86. The molecule has 0 aliphatic carbocycles. The number of nitrogens with one attached hydrogen (secondary N) is 1. The highest BCUT2D eigenvalue weighted by atomic mass is 35.5. The molecule has 0 aliphatic rings. The lowest BCUT2D eigenvalue weighted by molar-refractivity contribution is -0.120. The molecule has 0 radical (unpaired) electrons. The number of ether oxygens (including phenoxy) is 1. The van der Waals surface area contributed by atoms with E-state index in [4.69, 9.17) is 16.3 Å². The first kappa shape index (κ1) is 21.6. The molecule has 1 atom stereocenters. The molecule has 1 N–H and O–H groups in total. The summed E-state index contributed by atoms with van der Waals surface area (Å²) in [5, 5.41) is 3.55. The minimum atomic E-state index is -0.131. The van der Waals surface area contributed by atoms with Crippen LogP contribution in [0.1, 0.15) is 39.7 Å². The number of rotatable bonds is 8. The molecule has 0 aromatic heterocycles. The first-order chi connectivity index (χ1) is 12.8. The van der Waals surface area contributed by atoms with Gasteiger partial charge in [0.25, 0.3) is 0 Å². The minimum absolute atomic E-state index is 0.0162.